The third-order valence-corrected chi connectivity index (χ3v) is 6.54. The third-order valence-electron chi connectivity index (χ3n) is 6.54. The summed E-state index contributed by atoms with van der Waals surface area (Å²) in [6.07, 6.45) is 5.14. The van der Waals surface area contributed by atoms with Gasteiger partial charge in [-0.2, -0.15) is 0 Å². The van der Waals surface area contributed by atoms with Crippen LogP contribution < -0.4 is 4.90 Å². The SMILES string of the molecule is O=C(C1CCN(c2ccc(-c3ccncc3)nn2)CC1)N(Cc1ccccc1)Cc1ccccc1. The second-order valence-corrected chi connectivity index (χ2v) is 8.94. The number of hydrogen-bond donors (Lipinski definition) is 0. The molecule has 6 nitrogen and oxygen atoms in total. The molecular formula is C29H29N5O. The van der Waals surface area contributed by atoms with Gasteiger partial charge in [-0.1, -0.05) is 60.7 Å². The van der Waals surface area contributed by atoms with Crippen LogP contribution in [0.5, 0.6) is 0 Å². The molecule has 0 unspecified atom stereocenters. The molecule has 0 atom stereocenters. The molecule has 1 amide bonds. The number of hydrogen-bond acceptors (Lipinski definition) is 5. The summed E-state index contributed by atoms with van der Waals surface area (Å²) < 4.78 is 0. The summed E-state index contributed by atoms with van der Waals surface area (Å²) in [6.45, 7) is 2.84. The van der Waals surface area contributed by atoms with Gasteiger partial charge in [-0.05, 0) is 48.2 Å². The second kappa shape index (κ2) is 10.9. The first kappa shape index (κ1) is 22.7. The number of carbonyl (C=O) groups is 1. The van der Waals surface area contributed by atoms with Gasteiger partial charge in [0.15, 0.2) is 5.82 Å². The van der Waals surface area contributed by atoms with Crippen LogP contribution in [0.25, 0.3) is 11.3 Å². The normalized spacial score (nSPS) is 14.0. The van der Waals surface area contributed by atoms with Crippen LogP contribution in [-0.4, -0.2) is 39.1 Å². The van der Waals surface area contributed by atoms with E-state index in [9.17, 15) is 4.79 Å². The van der Waals surface area contributed by atoms with E-state index in [1.165, 1.54) is 0 Å². The predicted octanol–water partition coefficient (Wildman–Crippen LogP) is 4.98. The van der Waals surface area contributed by atoms with Crippen LogP contribution in [0.1, 0.15) is 24.0 Å². The Bertz CT molecular complexity index is 1170. The Morgan fingerprint density at radius 3 is 1.91 bits per heavy atom. The van der Waals surface area contributed by atoms with Crippen molar-refractivity contribution in [2.45, 2.75) is 25.9 Å². The zero-order valence-corrected chi connectivity index (χ0v) is 19.7. The quantitative estimate of drug-likeness (QED) is 0.387. The zero-order valence-electron chi connectivity index (χ0n) is 19.7. The fourth-order valence-electron chi connectivity index (χ4n) is 4.60. The van der Waals surface area contributed by atoms with Gasteiger partial charge in [0.1, 0.15) is 0 Å². The van der Waals surface area contributed by atoms with Crippen molar-refractivity contribution in [1.29, 1.82) is 0 Å². The van der Waals surface area contributed by atoms with Gasteiger partial charge in [0.2, 0.25) is 5.91 Å². The van der Waals surface area contributed by atoms with E-state index in [1.807, 2.05) is 65.6 Å². The Morgan fingerprint density at radius 2 is 1.37 bits per heavy atom. The Balaban J connectivity index is 1.24. The molecule has 176 valence electrons. The molecule has 4 aromatic rings. The summed E-state index contributed by atoms with van der Waals surface area (Å²) in [5.41, 5.74) is 4.14. The summed E-state index contributed by atoms with van der Waals surface area (Å²) in [5.74, 6) is 1.11. The van der Waals surface area contributed by atoms with Crippen LogP contribution in [0.15, 0.2) is 97.3 Å². The number of benzene rings is 2. The lowest BCUT2D eigenvalue weighted by Crippen LogP contribution is -2.42. The van der Waals surface area contributed by atoms with Gasteiger partial charge in [0.25, 0.3) is 0 Å². The largest absolute Gasteiger partial charge is 0.355 e. The van der Waals surface area contributed by atoms with Crippen LogP contribution >= 0.6 is 0 Å². The highest BCUT2D eigenvalue weighted by Gasteiger charge is 2.29. The van der Waals surface area contributed by atoms with E-state index in [-0.39, 0.29) is 11.8 Å². The minimum Gasteiger partial charge on any atom is -0.355 e. The lowest BCUT2D eigenvalue weighted by Gasteiger charge is -2.35. The van der Waals surface area contributed by atoms with Crippen molar-refractivity contribution < 1.29 is 4.79 Å². The third kappa shape index (κ3) is 5.72. The van der Waals surface area contributed by atoms with Gasteiger partial charge in [0.05, 0.1) is 5.69 Å². The number of piperidine rings is 1. The molecule has 2 aromatic heterocycles. The highest BCUT2D eigenvalue weighted by molar-refractivity contribution is 5.79. The number of aromatic nitrogens is 3. The number of amides is 1. The topological polar surface area (TPSA) is 62.2 Å². The van der Waals surface area contributed by atoms with Crippen LogP contribution in [0.4, 0.5) is 5.82 Å². The van der Waals surface area contributed by atoms with E-state index in [4.69, 9.17) is 0 Å². The predicted molar refractivity (Wildman–Crippen MR) is 137 cm³/mol. The summed E-state index contributed by atoms with van der Waals surface area (Å²) in [6, 6.07) is 28.3. The summed E-state index contributed by atoms with van der Waals surface area (Å²) >= 11 is 0. The van der Waals surface area contributed by atoms with Gasteiger partial charge in [-0.25, -0.2) is 0 Å². The minimum absolute atomic E-state index is 0.0164. The molecule has 0 N–H and O–H groups in total. The van der Waals surface area contributed by atoms with E-state index in [1.54, 1.807) is 12.4 Å². The van der Waals surface area contributed by atoms with Crippen LogP contribution in [0, 0.1) is 5.92 Å². The number of pyridine rings is 1. The van der Waals surface area contributed by atoms with Gasteiger partial charge in [-0.15, -0.1) is 10.2 Å². The lowest BCUT2D eigenvalue weighted by molar-refractivity contribution is -0.137. The molecule has 0 saturated carbocycles. The van der Waals surface area contributed by atoms with Crippen molar-refractivity contribution in [3.63, 3.8) is 0 Å². The molecular weight excluding hydrogens is 434 g/mol. The number of carbonyl (C=O) groups excluding carboxylic acids is 1. The van der Waals surface area contributed by atoms with Crippen molar-refractivity contribution in [2.24, 2.45) is 5.92 Å². The molecule has 6 heteroatoms. The number of anilines is 1. The van der Waals surface area contributed by atoms with E-state index in [0.29, 0.717) is 13.1 Å². The molecule has 0 aliphatic carbocycles. The molecule has 3 heterocycles. The van der Waals surface area contributed by atoms with Crippen molar-refractivity contribution in [2.75, 3.05) is 18.0 Å². The van der Waals surface area contributed by atoms with Gasteiger partial charge < -0.3 is 9.80 Å². The Labute approximate surface area is 206 Å². The van der Waals surface area contributed by atoms with Crippen molar-refractivity contribution in [3.05, 3.63) is 108 Å². The molecule has 0 spiro atoms. The van der Waals surface area contributed by atoms with E-state index < -0.39 is 0 Å². The standard InChI is InChI=1S/C29H29N5O/c35-29(34(21-23-7-3-1-4-8-23)22-24-9-5-2-6-10-24)26-15-19-33(20-16-26)28-12-11-27(31-32-28)25-13-17-30-18-14-25/h1-14,17-18,26H,15-16,19-22H2. The van der Waals surface area contributed by atoms with Crippen molar-refractivity contribution >= 4 is 11.7 Å². The van der Waals surface area contributed by atoms with Crippen LogP contribution in [0.2, 0.25) is 0 Å². The maximum absolute atomic E-state index is 13.6. The molecule has 5 rings (SSSR count). The fraction of sp³-hybridized carbons (Fsp3) is 0.241. The smallest absolute Gasteiger partial charge is 0.226 e. The maximum atomic E-state index is 13.6. The Hall–Kier alpha value is -4.06. The maximum Gasteiger partial charge on any atom is 0.226 e. The first-order valence-corrected chi connectivity index (χ1v) is 12.1. The average molecular weight is 464 g/mol. The van der Waals surface area contributed by atoms with Gasteiger partial charge >= 0.3 is 0 Å². The molecule has 0 bridgehead atoms. The van der Waals surface area contributed by atoms with Crippen molar-refractivity contribution in [3.8, 4) is 11.3 Å². The number of nitrogens with zero attached hydrogens (tertiary/aromatic N) is 5. The average Bonchev–Trinajstić information content (AvgIpc) is 2.94. The van der Waals surface area contributed by atoms with E-state index in [2.05, 4.69) is 44.3 Å². The highest BCUT2D eigenvalue weighted by atomic mass is 16.2. The lowest BCUT2D eigenvalue weighted by atomic mass is 9.94. The Morgan fingerprint density at radius 1 is 0.771 bits per heavy atom. The molecule has 2 aromatic carbocycles. The fourth-order valence-corrected chi connectivity index (χ4v) is 4.60. The highest BCUT2D eigenvalue weighted by Crippen LogP contribution is 2.26. The monoisotopic (exact) mass is 463 g/mol. The summed E-state index contributed by atoms with van der Waals surface area (Å²) in [5, 5.41) is 8.86. The first-order chi connectivity index (χ1) is 17.3. The molecule has 1 aliphatic rings. The molecule has 1 fully saturated rings. The van der Waals surface area contributed by atoms with E-state index >= 15 is 0 Å². The molecule has 35 heavy (non-hydrogen) atoms. The van der Waals surface area contributed by atoms with Crippen LogP contribution in [0.3, 0.4) is 0 Å². The summed E-state index contributed by atoms with van der Waals surface area (Å²) in [4.78, 5) is 21.9. The zero-order chi connectivity index (χ0) is 23.9. The minimum atomic E-state index is 0.0164. The van der Waals surface area contributed by atoms with E-state index in [0.717, 1.165) is 54.1 Å². The second-order valence-electron chi connectivity index (χ2n) is 8.94. The summed E-state index contributed by atoms with van der Waals surface area (Å²) in [7, 11) is 0. The first-order valence-electron chi connectivity index (χ1n) is 12.1. The molecule has 1 saturated heterocycles. The van der Waals surface area contributed by atoms with Gasteiger partial charge in [0, 0.05) is 50.1 Å². The molecule has 1 aliphatic heterocycles. The van der Waals surface area contributed by atoms with Crippen LogP contribution in [-0.2, 0) is 17.9 Å². The Kier molecular flexibility index (Phi) is 7.08. The van der Waals surface area contributed by atoms with Gasteiger partial charge in [-0.3, -0.25) is 9.78 Å². The number of rotatable bonds is 7. The molecule has 0 radical (unpaired) electrons. The van der Waals surface area contributed by atoms with Crippen molar-refractivity contribution in [1.82, 2.24) is 20.1 Å².